The van der Waals surface area contributed by atoms with Gasteiger partial charge in [-0.25, -0.2) is 4.79 Å². The third kappa shape index (κ3) is 6.97. The van der Waals surface area contributed by atoms with Gasteiger partial charge in [0.25, 0.3) is 0 Å². The van der Waals surface area contributed by atoms with Crippen LogP contribution in [0.2, 0.25) is 0 Å². The van der Waals surface area contributed by atoms with Crippen molar-refractivity contribution in [3.8, 4) is 0 Å². The largest absolute Gasteiger partial charge is 0.444 e. The zero-order valence-corrected chi connectivity index (χ0v) is 15.1. The molecule has 130 valence electrons. The monoisotopic (exact) mass is 313 g/mol. The van der Waals surface area contributed by atoms with Gasteiger partial charge in [-0.2, -0.15) is 0 Å². The Morgan fingerprint density at radius 3 is 2.27 bits per heavy atom. The molecule has 1 fully saturated rings. The van der Waals surface area contributed by atoms with Crippen LogP contribution < -0.4 is 16.0 Å². The van der Waals surface area contributed by atoms with Gasteiger partial charge in [-0.15, -0.1) is 0 Å². The molecule has 1 heterocycles. The van der Waals surface area contributed by atoms with Crippen molar-refractivity contribution in [3.05, 3.63) is 0 Å². The van der Waals surface area contributed by atoms with Crippen LogP contribution in [0.1, 0.15) is 60.3 Å². The normalized spacial score (nSPS) is 17.3. The fourth-order valence-corrected chi connectivity index (χ4v) is 2.81. The summed E-state index contributed by atoms with van der Waals surface area (Å²) >= 11 is 0. The highest BCUT2D eigenvalue weighted by Gasteiger charge is 2.28. The van der Waals surface area contributed by atoms with Crippen molar-refractivity contribution >= 4 is 6.09 Å². The zero-order valence-electron chi connectivity index (χ0n) is 15.1. The van der Waals surface area contributed by atoms with Gasteiger partial charge in [-0.05, 0) is 72.0 Å². The lowest BCUT2D eigenvalue weighted by atomic mass is 9.90. The number of carbonyl (C=O) groups excluding carboxylic acids is 1. The average Bonchev–Trinajstić information content (AvgIpc) is 2.47. The molecule has 0 unspecified atom stereocenters. The predicted octanol–water partition coefficient (Wildman–Crippen LogP) is 2.66. The Hall–Kier alpha value is -0.810. The van der Waals surface area contributed by atoms with E-state index in [0.29, 0.717) is 6.54 Å². The molecule has 0 atom stereocenters. The van der Waals surface area contributed by atoms with Gasteiger partial charge >= 0.3 is 6.09 Å². The third-order valence-corrected chi connectivity index (χ3v) is 4.55. The Balaban J connectivity index is 2.45. The fourth-order valence-electron chi connectivity index (χ4n) is 2.81. The Bertz CT molecular complexity index is 329. The number of piperidine rings is 1. The first-order chi connectivity index (χ1) is 10.3. The van der Waals surface area contributed by atoms with E-state index in [2.05, 4.69) is 29.8 Å². The predicted molar refractivity (Wildman–Crippen MR) is 91.1 cm³/mol. The van der Waals surface area contributed by atoms with E-state index in [1.54, 1.807) is 0 Å². The van der Waals surface area contributed by atoms with Crippen LogP contribution in [0.3, 0.4) is 0 Å². The minimum absolute atomic E-state index is 0.0399. The van der Waals surface area contributed by atoms with Crippen LogP contribution in [0.15, 0.2) is 0 Å². The lowest BCUT2D eigenvalue weighted by molar-refractivity contribution is 0.0506. The molecule has 0 saturated carbocycles. The summed E-state index contributed by atoms with van der Waals surface area (Å²) in [6, 6.07) is 0. The highest BCUT2D eigenvalue weighted by Crippen LogP contribution is 2.18. The number of amides is 1. The maximum atomic E-state index is 11.9. The molecule has 22 heavy (non-hydrogen) atoms. The molecular formula is C17H35N3O2. The van der Waals surface area contributed by atoms with E-state index >= 15 is 0 Å². The first-order valence-corrected chi connectivity index (χ1v) is 8.73. The summed E-state index contributed by atoms with van der Waals surface area (Å²) < 4.78 is 5.33. The van der Waals surface area contributed by atoms with Crippen LogP contribution in [0, 0.1) is 5.92 Å². The van der Waals surface area contributed by atoms with E-state index in [1.165, 1.54) is 12.8 Å². The molecule has 1 rings (SSSR count). The van der Waals surface area contributed by atoms with Crippen molar-refractivity contribution in [3.63, 3.8) is 0 Å². The molecule has 0 aromatic heterocycles. The highest BCUT2D eigenvalue weighted by molar-refractivity contribution is 5.67. The van der Waals surface area contributed by atoms with E-state index in [4.69, 9.17) is 4.74 Å². The smallest absolute Gasteiger partial charge is 0.407 e. The third-order valence-electron chi connectivity index (χ3n) is 4.55. The Labute approximate surface area is 135 Å². The zero-order chi connectivity index (χ0) is 16.6. The maximum absolute atomic E-state index is 11.9. The summed E-state index contributed by atoms with van der Waals surface area (Å²) in [6.45, 7) is 13.9. The first-order valence-electron chi connectivity index (χ1n) is 8.73. The number of carbonyl (C=O) groups is 1. The molecule has 5 nitrogen and oxygen atoms in total. The molecular weight excluding hydrogens is 278 g/mol. The van der Waals surface area contributed by atoms with Crippen molar-refractivity contribution in [2.75, 3.05) is 26.2 Å². The molecule has 0 aromatic rings. The average molecular weight is 313 g/mol. The number of ether oxygens (including phenoxy) is 1. The summed E-state index contributed by atoms with van der Waals surface area (Å²) in [7, 11) is 0. The molecule has 3 N–H and O–H groups in total. The van der Waals surface area contributed by atoms with Gasteiger partial charge in [0.1, 0.15) is 5.60 Å². The second-order valence-electron chi connectivity index (χ2n) is 7.42. The van der Waals surface area contributed by atoms with Gasteiger partial charge in [0, 0.05) is 12.1 Å². The standard InChI is InChI=1S/C17H35N3O2/c1-6-17(7-2,13-19-15(21)22-16(3,4)5)20-12-14-8-10-18-11-9-14/h14,18,20H,6-13H2,1-5H3,(H,19,21). The van der Waals surface area contributed by atoms with Crippen LogP contribution in [0.5, 0.6) is 0 Å². The van der Waals surface area contributed by atoms with E-state index < -0.39 is 5.60 Å². The topological polar surface area (TPSA) is 62.4 Å². The SMILES string of the molecule is CCC(CC)(CNC(=O)OC(C)(C)C)NCC1CCNCC1. The van der Waals surface area contributed by atoms with Crippen molar-refractivity contribution in [1.82, 2.24) is 16.0 Å². The second kappa shape index (κ2) is 8.73. The van der Waals surface area contributed by atoms with E-state index in [9.17, 15) is 4.79 Å². The van der Waals surface area contributed by atoms with Gasteiger partial charge in [-0.3, -0.25) is 0 Å². The Morgan fingerprint density at radius 1 is 1.18 bits per heavy atom. The van der Waals surface area contributed by atoms with Crippen molar-refractivity contribution in [2.24, 2.45) is 5.92 Å². The Morgan fingerprint density at radius 2 is 1.77 bits per heavy atom. The van der Waals surface area contributed by atoms with Gasteiger partial charge in [0.05, 0.1) is 0 Å². The van der Waals surface area contributed by atoms with Crippen molar-refractivity contribution in [2.45, 2.75) is 71.4 Å². The maximum Gasteiger partial charge on any atom is 0.407 e. The second-order valence-corrected chi connectivity index (χ2v) is 7.42. The minimum atomic E-state index is -0.451. The minimum Gasteiger partial charge on any atom is -0.444 e. The van der Waals surface area contributed by atoms with Crippen molar-refractivity contribution in [1.29, 1.82) is 0 Å². The Kier molecular flexibility index (Phi) is 7.63. The van der Waals surface area contributed by atoms with Crippen molar-refractivity contribution < 1.29 is 9.53 Å². The summed E-state index contributed by atoms with van der Waals surface area (Å²) in [6.07, 6.45) is 4.11. The molecule has 1 aliphatic rings. The van der Waals surface area contributed by atoms with E-state index in [-0.39, 0.29) is 11.6 Å². The molecule has 1 aliphatic heterocycles. The van der Waals surface area contributed by atoms with Crippen LogP contribution >= 0.6 is 0 Å². The van der Waals surface area contributed by atoms with Gasteiger partial charge in [-0.1, -0.05) is 13.8 Å². The summed E-state index contributed by atoms with van der Waals surface area (Å²) in [5, 5.41) is 10.1. The molecule has 1 amide bonds. The van der Waals surface area contributed by atoms with E-state index in [0.717, 1.165) is 38.4 Å². The van der Waals surface area contributed by atoms with E-state index in [1.807, 2.05) is 20.8 Å². The van der Waals surface area contributed by atoms with Crippen LogP contribution in [-0.4, -0.2) is 43.4 Å². The molecule has 5 heteroatoms. The molecule has 0 spiro atoms. The van der Waals surface area contributed by atoms with Gasteiger partial charge in [0.15, 0.2) is 0 Å². The molecule has 1 saturated heterocycles. The summed E-state index contributed by atoms with van der Waals surface area (Å²) in [5.41, 5.74) is -0.491. The first kappa shape index (κ1) is 19.2. The number of nitrogens with one attached hydrogen (secondary N) is 3. The number of hydrogen-bond donors (Lipinski definition) is 3. The molecule has 0 aromatic carbocycles. The lowest BCUT2D eigenvalue weighted by Gasteiger charge is -2.36. The molecule has 0 radical (unpaired) electrons. The number of alkyl carbamates (subject to hydrolysis) is 1. The van der Waals surface area contributed by atoms with Gasteiger partial charge < -0.3 is 20.7 Å². The molecule has 0 aliphatic carbocycles. The van der Waals surface area contributed by atoms with Crippen LogP contribution in [0.4, 0.5) is 4.79 Å². The number of rotatable bonds is 7. The van der Waals surface area contributed by atoms with Gasteiger partial charge in [0.2, 0.25) is 0 Å². The summed E-state index contributed by atoms with van der Waals surface area (Å²) in [5.74, 6) is 0.736. The summed E-state index contributed by atoms with van der Waals surface area (Å²) in [4.78, 5) is 11.9. The van der Waals surface area contributed by atoms with Crippen LogP contribution in [0.25, 0.3) is 0 Å². The highest BCUT2D eigenvalue weighted by atomic mass is 16.6. The van der Waals surface area contributed by atoms with Crippen LogP contribution in [-0.2, 0) is 4.74 Å². The lowest BCUT2D eigenvalue weighted by Crippen LogP contribution is -2.55. The fraction of sp³-hybridized carbons (Fsp3) is 0.941. The quantitative estimate of drug-likeness (QED) is 0.676. The molecule has 0 bridgehead atoms. The number of hydrogen-bond acceptors (Lipinski definition) is 4.